The van der Waals surface area contributed by atoms with E-state index in [2.05, 4.69) is 35.9 Å². The molecule has 0 aliphatic carbocycles. The molecule has 0 saturated heterocycles. The first-order valence-corrected chi connectivity index (χ1v) is 5.53. The van der Waals surface area contributed by atoms with Crippen LogP contribution in [0.4, 0.5) is 0 Å². The molecule has 0 aliphatic rings. The van der Waals surface area contributed by atoms with E-state index < -0.39 is 31.0 Å². The molecule has 0 saturated carbocycles. The van der Waals surface area contributed by atoms with Gasteiger partial charge in [0.1, 0.15) is 18.3 Å². The van der Waals surface area contributed by atoms with Crippen molar-refractivity contribution in [3.8, 4) is 0 Å². The van der Waals surface area contributed by atoms with E-state index in [0.29, 0.717) is 0 Å². The first-order chi connectivity index (χ1) is 7.77. The van der Waals surface area contributed by atoms with Gasteiger partial charge < -0.3 is 61.4 Å². The van der Waals surface area contributed by atoms with Crippen molar-refractivity contribution in [1.82, 2.24) is 5.32 Å². The van der Waals surface area contributed by atoms with Gasteiger partial charge in [0, 0.05) is 6.54 Å². The van der Waals surface area contributed by atoms with Crippen molar-refractivity contribution < 1.29 is 55.1 Å². The molecular formula is C8H19N2NaO5S2. The van der Waals surface area contributed by atoms with Crippen LogP contribution in [0.25, 0.3) is 0 Å². The van der Waals surface area contributed by atoms with Gasteiger partial charge in [-0.05, 0) is 7.05 Å². The topological polar surface area (TPSA) is 139 Å². The van der Waals surface area contributed by atoms with Gasteiger partial charge in [-0.2, -0.15) is 0 Å². The Hall–Kier alpha value is 0.870. The van der Waals surface area contributed by atoms with Crippen molar-refractivity contribution in [2.45, 2.75) is 24.4 Å². The third kappa shape index (κ3) is 13.3. The average Bonchev–Trinajstić information content (AvgIpc) is 2.25. The molecule has 104 valence electrons. The maximum absolute atomic E-state index is 9.21. The van der Waals surface area contributed by atoms with E-state index >= 15 is 0 Å². The van der Waals surface area contributed by atoms with Crippen molar-refractivity contribution in [3.63, 3.8) is 0 Å². The quantitative estimate of drug-likeness (QED) is 0.145. The summed E-state index contributed by atoms with van der Waals surface area (Å²) in [6.07, 6.45) is -5.65. The predicted octanol–water partition coefficient (Wildman–Crippen LogP) is -6.58. The molecule has 0 aromatic heterocycles. The summed E-state index contributed by atoms with van der Waals surface area (Å²) in [5.74, 6) is 0. The van der Waals surface area contributed by atoms with E-state index in [1.165, 1.54) is 0 Å². The molecule has 7 nitrogen and oxygen atoms in total. The first-order valence-electron chi connectivity index (χ1n) is 4.72. The molecule has 0 radical (unpaired) electrons. The fraction of sp³-hybridized carbons (Fsp3) is 0.875. The Bertz CT molecular complexity index is 212. The van der Waals surface area contributed by atoms with Crippen molar-refractivity contribution in [2.75, 3.05) is 20.2 Å². The molecule has 0 heterocycles. The molecule has 0 rings (SSSR count). The zero-order chi connectivity index (χ0) is 14.0. The molecule has 8 N–H and O–H groups in total. The van der Waals surface area contributed by atoms with E-state index in [9.17, 15) is 5.11 Å². The molecule has 0 unspecified atom stereocenters. The van der Waals surface area contributed by atoms with Gasteiger partial charge in [-0.3, -0.25) is 0 Å². The molecule has 0 spiro atoms. The number of hydrogen-bond donors (Lipinski definition) is 7. The number of rotatable bonds is 6. The number of nitrogens with one attached hydrogen (secondary N) is 1. The van der Waals surface area contributed by atoms with Crippen molar-refractivity contribution >= 4 is 29.2 Å². The molecule has 0 fully saturated rings. The van der Waals surface area contributed by atoms with E-state index in [4.69, 9.17) is 20.4 Å². The second-order valence-corrected chi connectivity index (χ2v) is 4.31. The van der Waals surface area contributed by atoms with Crippen LogP contribution in [0, 0.1) is 0 Å². The fourth-order valence-electron chi connectivity index (χ4n) is 0.893. The van der Waals surface area contributed by atoms with Gasteiger partial charge in [-0.25, -0.2) is 0 Å². The second-order valence-electron chi connectivity index (χ2n) is 3.18. The number of thiocarbonyl (C=S) groups is 1. The van der Waals surface area contributed by atoms with Crippen LogP contribution in [-0.2, 0) is 12.6 Å². The Morgan fingerprint density at radius 3 is 1.83 bits per heavy atom. The van der Waals surface area contributed by atoms with Gasteiger partial charge in [0.05, 0.1) is 12.7 Å². The minimum absolute atomic E-state index is 0. The molecule has 0 bridgehead atoms. The number of aliphatic hydroxyl groups is 5. The van der Waals surface area contributed by atoms with E-state index in [0.717, 1.165) is 0 Å². The van der Waals surface area contributed by atoms with Crippen LogP contribution in [-0.4, -0.2) is 74.5 Å². The molecule has 10 heteroatoms. The Kier molecular flexibility index (Phi) is 19.0. The Morgan fingerprint density at radius 1 is 1.22 bits per heavy atom. The largest absolute Gasteiger partial charge is 1.00 e. The molecule has 0 amide bonds. The normalized spacial score (nSPS) is 16.3. The Morgan fingerprint density at radius 2 is 1.56 bits per heavy atom. The van der Waals surface area contributed by atoms with Gasteiger partial charge >= 0.3 is 29.6 Å². The van der Waals surface area contributed by atoms with Crippen molar-refractivity contribution in [3.05, 3.63) is 0 Å². The van der Waals surface area contributed by atoms with E-state index in [-0.39, 0.29) is 40.4 Å². The molecule has 0 aromatic carbocycles. The zero-order valence-corrected chi connectivity index (χ0v) is 14.0. The summed E-state index contributed by atoms with van der Waals surface area (Å²) in [5.41, 5.74) is 4.66. The smallest absolute Gasteiger partial charge is 0.415 e. The first kappa shape index (κ1) is 23.9. The number of hydrogen-bond acceptors (Lipinski definition) is 8. The zero-order valence-electron chi connectivity index (χ0n) is 10.4. The number of nitrogens with two attached hydrogens (primary N) is 1. The summed E-state index contributed by atoms with van der Waals surface area (Å²) >= 11 is 8.26. The summed E-state index contributed by atoms with van der Waals surface area (Å²) < 4.78 is 0.0833. The molecule has 4 atom stereocenters. The molecule has 0 aromatic rings. The Balaban J connectivity index is -0.000000392. The van der Waals surface area contributed by atoms with Crippen LogP contribution in [0.1, 0.15) is 0 Å². The maximum atomic E-state index is 9.21. The monoisotopic (exact) mass is 310 g/mol. The summed E-state index contributed by atoms with van der Waals surface area (Å²) in [7, 11) is 1.57. The van der Waals surface area contributed by atoms with Gasteiger partial charge in [0.15, 0.2) is 0 Å². The van der Waals surface area contributed by atoms with Crippen molar-refractivity contribution in [1.29, 1.82) is 0 Å². The summed E-state index contributed by atoms with van der Waals surface area (Å²) in [6, 6.07) is 0. The third-order valence-corrected chi connectivity index (χ3v) is 1.74. The van der Waals surface area contributed by atoms with E-state index in [1.807, 2.05) is 0 Å². The van der Waals surface area contributed by atoms with Crippen LogP contribution in [0.5, 0.6) is 0 Å². The Labute approximate surface area is 139 Å². The molecular weight excluding hydrogens is 291 g/mol. The standard InChI is InChI=1S/C7H17NO5.CH3NS2.Na/c1-8-2-4(10)6(12)7(13)5(11)3-9;2-1(3)4;/h4-13H,2-3H2,1H3;(H3,2,3,4);/q;;+1/p-1/t4-,5+,6+,7+;;/m0../s1. The van der Waals surface area contributed by atoms with Gasteiger partial charge in [0.2, 0.25) is 0 Å². The second kappa shape index (κ2) is 14.3. The minimum atomic E-state index is -1.55. The van der Waals surface area contributed by atoms with E-state index in [1.54, 1.807) is 7.05 Å². The van der Waals surface area contributed by atoms with Crippen LogP contribution in [0.15, 0.2) is 0 Å². The molecule has 18 heavy (non-hydrogen) atoms. The van der Waals surface area contributed by atoms with Crippen LogP contribution in [0.3, 0.4) is 0 Å². The summed E-state index contributed by atoms with van der Waals surface area (Å²) in [5, 5.41) is 47.5. The third-order valence-electron chi connectivity index (χ3n) is 1.74. The van der Waals surface area contributed by atoms with Crippen LogP contribution < -0.4 is 40.6 Å². The SMILES string of the molecule is CNC[C@H](O)[C@@H](O)[C@H](O)[C@H](O)CO.NC(=S)[S-].[Na+]. The fourth-order valence-corrected chi connectivity index (χ4v) is 0.893. The van der Waals surface area contributed by atoms with Crippen LogP contribution >= 0.6 is 12.2 Å². The maximum Gasteiger partial charge on any atom is 1.00 e. The van der Waals surface area contributed by atoms with Gasteiger partial charge in [-0.1, -0.05) is 4.32 Å². The average molecular weight is 310 g/mol. The molecule has 0 aliphatic heterocycles. The van der Waals surface area contributed by atoms with Gasteiger partial charge in [-0.15, -0.1) is 0 Å². The predicted molar refractivity (Wildman–Crippen MR) is 69.2 cm³/mol. The van der Waals surface area contributed by atoms with Gasteiger partial charge in [0.25, 0.3) is 0 Å². The summed E-state index contributed by atoms with van der Waals surface area (Å²) in [4.78, 5) is 0. The van der Waals surface area contributed by atoms with Crippen molar-refractivity contribution in [2.24, 2.45) is 5.73 Å². The number of aliphatic hydroxyl groups excluding tert-OH is 5. The minimum Gasteiger partial charge on any atom is -0.415 e. The number of likely N-dealkylation sites (N-methyl/N-ethyl adjacent to an activating group) is 1. The van der Waals surface area contributed by atoms with Crippen LogP contribution in [0.2, 0.25) is 0 Å². The summed E-state index contributed by atoms with van der Waals surface area (Å²) in [6.45, 7) is -0.569.